The lowest BCUT2D eigenvalue weighted by atomic mass is 10.2. The maximum Gasteiger partial charge on any atom is 0.246 e. The molecule has 2 N–H and O–H groups in total. The highest BCUT2D eigenvalue weighted by molar-refractivity contribution is 7.92. The number of aliphatic hydroxyl groups excluding tert-OH is 1. The van der Waals surface area contributed by atoms with Crippen LogP contribution in [0.2, 0.25) is 0 Å². The van der Waals surface area contributed by atoms with Gasteiger partial charge in [-0.05, 0) is 18.2 Å². The molecule has 0 unspecified atom stereocenters. The summed E-state index contributed by atoms with van der Waals surface area (Å²) in [5, 5.41) is 12.4. The molecule has 0 bridgehead atoms. The minimum atomic E-state index is -4.17. The van der Waals surface area contributed by atoms with Crippen molar-refractivity contribution in [2.24, 2.45) is 0 Å². The normalized spacial score (nSPS) is 22.8. The van der Waals surface area contributed by atoms with Crippen LogP contribution in [0.1, 0.15) is 6.92 Å². The summed E-state index contributed by atoms with van der Waals surface area (Å²) in [6.45, 7) is 1.28. The summed E-state index contributed by atoms with van der Waals surface area (Å²) in [7, 11) is -5.19. The Labute approximate surface area is 146 Å². The van der Waals surface area contributed by atoms with E-state index in [0.29, 0.717) is 0 Å². The molecule has 1 amide bonds. The van der Waals surface area contributed by atoms with Crippen molar-refractivity contribution in [1.82, 2.24) is 4.31 Å². The zero-order valence-corrected chi connectivity index (χ0v) is 15.6. The summed E-state index contributed by atoms with van der Waals surface area (Å²) >= 11 is 0. The summed E-state index contributed by atoms with van der Waals surface area (Å²) in [6.07, 6.45) is -1.31. The summed E-state index contributed by atoms with van der Waals surface area (Å²) in [6, 6.07) is 2.99. The Balaban J connectivity index is 2.46. The smallest absolute Gasteiger partial charge is 0.246 e. The Morgan fingerprint density at radius 3 is 2.48 bits per heavy atom. The molecule has 0 radical (unpaired) electrons. The first-order valence-electron chi connectivity index (χ1n) is 7.30. The fourth-order valence-electron chi connectivity index (χ4n) is 2.65. The number of likely N-dealkylation sites (N-methyl/N-ethyl adjacent to an activating group) is 1. The average molecular weight is 392 g/mol. The number of methoxy groups -OCH3 is 1. The topological polar surface area (TPSA) is 130 Å². The third-order valence-corrected chi connectivity index (χ3v) is 7.50. The Morgan fingerprint density at radius 2 is 2.00 bits per heavy atom. The van der Waals surface area contributed by atoms with Gasteiger partial charge in [-0.25, -0.2) is 16.8 Å². The predicted molar refractivity (Wildman–Crippen MR) is 90.7 cm³/mol. The zero-order valence-electron chi connectivity index (χ0n) is 14.0. The van der Waals surface area contributed by atoms with Crippen LogP contribution in [0.15, 0.2) is 23.1 Å². The van der Waals surface area contributed by atoms with Gasteiger partial charge in [0.15, 0.2) is 9.84 Å². The maximum absolute atomic E-state index is 12.9. The van der Waals surface area contributed by atoms with Crippen molar-refractivity contribution < 1.29 is 31.5 Å². The second-order valence-electron chi connectivity index (χ2n) is 5.78. The number of nitrogens with one attached hydrogen (secondary N) is 1. The molecule has 1 saturated heterocycles. The van der Waals surface area contributed by atoms with Gasteiger partial charge in [-0.1, -0.05) is 0 Å². The molecule has 1 aliphatic rings. The van der Waals surface area contributed by atoms with E-state index >= 15 is 0 Å². The second kappa shape index (κ2) is 6.90. The van der Waals surface area contributed by atoms with Gasteiger partial charge in [0.2, 0.25) is 15.9 Å². The van der Waals surface area contributed by atoms with E-state index in [0.717, 1.165) is 4.31 Å². The minimum absolute atomic E-state index is 0.0382. The van der Waals surface area contributed by atoms with Crippen molar-refractivity contribution >= 4 is 31.5 Å². The van der Waals surface area contributed by atoms with Gasteiger partial charge in [0.25, 0.3) is 0 Å². The van der Waals surface area contributed by atoms with Gasteiger partial charge in [0.1, 0.15) is 10.6 Å². The molecule has 140 valence electrons. The van der Waals surface area contributed by atoms with Gasteiger partial charge in [-0.15, -0.1) is 0 Å². The largest absolute Gasteiger partial charge is 0.495 e. The van der Waals surface area contributed by atoms with Crippen LogP contribution >= 0.6 is 0 Å². The van der Waals surface area contributed by atoms with Crippen molar-refractivity contribution in [1.29, 1.82) is 0 Å². The monoisotopic (exact) mass is 392 g/mol. The Kier molecular flexibility index (Phi) is 5.42. The molecule has 9 nitrogen and oxygen atoms in total. The van der Waals surface area contributed by atoms with Gasteiger partial charge in [0, 0.05) is 19.7 Å². The molecule has 1 aromatic carbocycles. The molecule has 1 aliphatic heterocycles. The number of hydrogen-bond donors (Lipinski definition) is 2. The number of benzene rings is 1. The molecule has 1 fully saturated rings. The van der Waals surface area contributed by atoms with Crippen molar-refractivity contribution in [2.45, 2.75) is 24.0 Å². The SMILES string of the molecule is COc1ccc(NC(C)=O)cc1S(=O)(=O)N(C)[C@@H]1CS(=O)(=O)C[C@@H]1O. The number of anilines is 1. The molecular weight excluding hydrogens is 372 g/mol. The molecule has 11 heteroatoms. The maximum atomic E-state index is 12.9. The van der Waals surface area contributed by atoms with Gasteiger partial charge >= 0.3 is 0 Å². The molecule has 0 aliphatic carbocycles. The summed E-state index contributed by atoms with van der Waals surface area (Å²) in [4.78, 5) is 10.9. The lowest BCUT2D eigenvalue weighted by molar-refractivity contribution is -0.114. The number of sulfone groups is 1. The van der Waals surface area contributed by atoms with E-state index < -0.39 is 43.5 Å². The second-order valence-corrected chi connectivity index (χ2v) is 9.90. The van der Waals surface area contributed by atoms with Crippen LogP contribution in [0, 0.1) is 0 Å². The third kappa shape index (κ3) is 4.11. The molecular formula is C14H20N2O7S2. The fraction of sp³-hybridized carbons (Fsp3) is 0.500. The minimum Gasteiger partial charge on any atom is -0.495 e. The number of sulfonamides is 1. The van der Waals surface area contributed by atoms with E-state index in [9.17, 15) is 26.7 Å². The van der Waals surface area contributed by atoms with Crippen LogP contribution in [0.4, 0.5) is 5.69 Å². The number of amides is 1. The number of carbonyl (C=O) groups excluding carboxylic acids is 1. The highest BCUT2D eigenvalue weighted by atomic mass is 32.2. The van der Waals surface area contributed by atoms with Gasteiger partial charge < -0.3 is 15.2 Å². The van der Waals surface area contributed by atoms with Crippen molar-refractivity contribution in [2.75, 3.05) is 31.0 Å². The molecule has 1 heterocycles. The van der Waals surface area contributed by atoms with Gasteiger partial charge in [0.05, 0.1) is 30.8 Å². The van der Waals surface area contributed by atoms with Crippen LogP contribution in [0.5, 0.6) is 5.75 Å². The van der Waals surface area contributed by atoms with Crippen LogP contribution in [-0.2, 0) is 24.7 Å². The van der Waals surface area contributed by atoms with Crippen molar-refractivity contribution in [3.63, 3.8) is 0 Å². The number of nitrogens with zero attached hydrogens (tertiary/aromatic N) is 1. The van der Waals surface area contributed by atoms with Crippen molar-refractivity contribution in [3.05, 3.63) is 18.2 Å². The quantitative estimate of drug-likeness (QED) is 0.686. The summed E-state index contributed by atoms with van der Waals surface area (Å²) < 4.78 is 55.1. The summed E-state index contributed by atoms with van der Waals surface area (Å²) in [5.41, 5.74) is 0.250. The number of hydrogen-bond acceptors (Lipinski definition) is 7. The summed E-state index contributed by atoms with van der Waals surface area (Å²) in [5.74, 6) is -1.28. The van der Waals surface area contributed by atoms with Gasteiger partial charge in [-0.3, -0.25) is 4.79 Å². The predicted octanol–water partition coefficient (Wildman–Crippen LogP) is -0.568. The van der Waals surface area contributed by atoms with Crippen molar-refractivity contribution in [3.8, 4) is 5.75 Å². The molecule has 2 atom stereocenters. The van der Waals surface area contributed by atoms with Crippen LogP contribution in [-0.4, -0.2) is 70.0 Å². The molecule has 1 aromatic rings. The number of aliphatic hydroxyl groups is 1. The zero-order chi connectivity index (χ0) is 19.0. The standard InChI is InChI=1S/C14H20N2O7S2/c1-9(17)15-10-4-5-13(23-3)14(6-10)25(21,22)16(2)11-7-24(19,20)8-12(11)18/h4-6,11-12,18H,7-8H2,1-3H3,(H,15,17)/t11-,12+/m1/s1. The van der Waals surface area contributed by atoms with E-state index in [1.165, 1.54) is 39.3 Å². The molecule has 0 saturated carbocycles. The Bertz CT molecular complexity index is 880. The number of ether oxygens (including phenoxy) is 1. The van der Waals surface area contributed by atoms with E-state index in [1.54, 1.807) is 0 Å². The molecule has 0 spiro atoms. The van der Waals surface area contributed by atoms with Crippen LogP contribution < -0.4 is 10.1 Å². The number of carbonyl (C=O) groups is 1. The van der Waals surface area contributed by atoms with Gasteiger partial charge in [-0.2, -0.15) is 4.31 Å². The van der Waals surface area contributed by atoms with E-state index in [1.807, 2.05) is 0 Å². The Hall–Kier alpha value is -1.69. The lowest BCUT2D eigenvalue weighted by Crippen LogP contribution is -2.44. The molecule has 0 aromatic heterocycles. The first kappa shape index (κ1) is 19.6. The highest BCUT2D eigenvalue weighted by Gasteiger charge is 2.43. The van der Waals surface area contributed by atoms with Crippen LogP contribution in [0.3, 0.4) is 0 Å². The van der Waals surface area contributed by atoms with E-state index in [-0.39, 0.29) is 22.2 Å². The highest BCUT2D eigenvalue weighted by Crippen LogP contribution is 2.31. The Morgan fingerprint density at radius 1 is 1.36 bits per heavy atom. The first-order chi connectivity index (χ1) is 11.5. The van der Waals surface area contributed by atoms with E-state index in [2.05, 4.69) is 5.32 Å². The third-order valence-electron chi connectivity index (χ3n) is 3.90. The fourth-order valence-corrected chi connectivity index (χ4v) is 6.15. The number of rotatable bonds is 5. The van der Waals surface area contributed by atoms with Crippen LogP contribution in [0.25, 0.3) is 0 Å². The first-order valence-corrected chi connectivity index (χ1v) is 10.6. The average Bonchev–Trinajstić information content (AvgIpc) is 2.78. The van der Waals surface area contributed by atoms with E-state index in [4.69, 9.17) is 4.74 Å². The molecule has 25 heavy (non-hydrogen) atoms. The lowest BCUT2D eigenvalue weighted by Gasteiger charge is -2.26. The molecule has 2 rings (SSSR count).